The van der Waals surface area contributed by atoms with Crippen LogP contribution in [0.5, 0.6) is 5.75 Å². The van der Waals surface area contributed by atoms with Crippen LogP contribution < -0.4 is 20.0 Å². The molecule has 7 heteroatoms. The molecule has 27 heavy (non-hydrogen) atoms. The number of para-hydroxylation sites is 1. The third-order valence-electron chi connectivity index (χ3n) is 4.52. The summed E-state index contributed by atoms with van der Waals surface area (Å²) in [5.74, 6) is 0.129. The van der Waals surface area contributed by atoms with Crippen LogP contribution in [0.1, 0.15) is 12.7 Å². The summed E-state index contributed by atoms with van der Waals surface area (Å²) in [6.45, 7) is 6.20. The van der Waals surface area contributed by atoms with Gasteiger partial charge in [-0.15, -0.1) is 0 Å². The van der Waals surface area contributed by atoms with Crippen LogP contribution in [0, 0.1) is 0 Å². The SMILES string of the molecule is CCOC(=O)COc1coc(C[NH+]2CCN(c3ccccc3)CC2)cc1=O. The quantitative estimate of drug-likeness (QED) is 0.712. The summed E-state index contributed by atoms with van der Waals surface area (Å²) in [4.78, 5) is 27.2. The average Bonchev–Trinajstić information content (AvgIpc) is 2.69. The second-order valence-electron chi connectivity index (χ2n) is 6.42. The van der Waals surface area contributed by atoms with E-state index in [1.165, 1.54) is 22.9 Å². The minimum absolute atomic E-state index is 0.0238. The van der Waals surface area contributed by atoms with Gasteiger partial charge in [-0.3, -0.25) is 4.79 Å². The number of carbonyl (C=O) groups excluding carboxylic acids is 1. The highest BCUT2D eigenvalue weighted by molar-refractivity contribution is 5.71. The van der Waals surface area contributed by atoms with E-state index in [0.29, 0.717) is 12.3 Å². The number of piperazine rings is 1. The fraction of sp³-hybridized carbons (Fsp3) is 0.400. The number of quaternary nitrogens is 1. The van der Waals surface area contributed by atoms with Gasteiger partial charge in [0.1, 0.15) is 12.8 Å². The highest BCUT2D eigenvalue weighted by Gasteiger charge is 2.21. The molecule has 1 aromatic heterocycles. The van der Waals surface area contributed by atoms with Crippen LogP contribution in [0.2, 0.25) is 0 Å². The van der Waals surface area contributed by atoms with E-state index in [4.69, 9.17) is 13.9 Å². The first-order valence-corrected chi connectivity index (χ1v) is 9.19. The number of hydrogen-bond acceptors (Lipinski definition) is 6. The molecule has 0 radical (unpaired) electrons. The number of anilines is 1. The Morgan fingerprint density at radius 3 is 2.63 bits per heavy atom. The number of ether oxygens (including phenoxy) is 2. The van der Waals surface area contributed by atoms with Crippen LogP contribution in [0.3, 0.4) is 0 Å². The first-order chi connectivity index (χ1) is 13.2. The summed E-state index contributed by atoms with van der Waals surface area (Å²) in [5.41, 5.74) is 0.953. The van der Waals surface area contributed by atoms with Crippen molar-refractivity contribution in [2.45, 2.75) is 13.5 Å². The van der Waals surface area contributed by atoms with Gasteiger partial charge < -0.3 is 23.7 Å². The normalized spacial score (nSPS) is 14.8. The molecule has 7 nitrogen and oxygen atoms in total. The summed E-state index contributed by atoms with van der Waals surface area (Å²) < 4.78 is 15.5. The predicted molar refractivity (Wildman–Crippen MR) is 100 cm³/mol. The molecule has 1 aromatic carbocycles. The van der Waals surface area contributed by atoms with Crippen molar-refractivity contribution in [1.82, 2.24) is 0 Å². The van der Waals surface area contributed by atoms with E-state index >= 15 is 0 Å². The van der Waals surface area contributed by atoms with Gasteiger partial charge in [0.2, 0.25) is 11.2 Å². The van der Waals surface area contributed by atoms with Gasteiger partial charge in [-0.1, -0.05) is 18.2 Å². The van der Waals surface area contributed by atoms with Crippen molar-refractivity contribution in [3.63, 3.8) is 0 Å². The van der Waals surface area contributed by atoms with E-state index in [1.807, 2.05) is 6.07 Å². The van der Waals surface area contributed by atoms with Gasteiger partial charge >= 0.3 is 5.97 Å². The molecule has 0 saturated carbocycles. The van der Waals surface area contributed by atoms with Crippen molar-refractivity contribution in [3.8, 4) is 5.75 Å². The molecule has 0 unspecified atom stereocenters. The average molecular weight is 373 g/mol. The Kier molecular flexibility index (Phi) is 6.49. The van der Waals surface area contributed by atoms with Crippen molar-refractivity contribution in [2.24, 2.45) is 0 Å². The van der Waals surface area contributed by atoms with Gasteiger partial charge in [0.25, 0.3) is 0 Å². The summed E-state index contributed by atoms with van der Waals surface area (Å²) in [6, 6.07) is 11.8. The van der Waals surface area contributed by atoms with Crippen LogP contribution in [0.4, 0.5) is 5.69 Å². The van der Waals surface area contributed by atoms with Gasteiger partial charge in [-0.25, -0.2) is 4.79 Å². The topological polar surface area (TPSA) is 73.4 Å². The van der Waals surface area contributed by atoms with Crippen molar-refractivity contribution >= 4 is 11.7 Å². The Morgan fingerprint density at radius 2 is 1.96 bits per heavy atom. The van der Waals surface area contributed by atoms with E-state index in [9.17, 15) is 9.59 Å². The molecule has 1 fully saturated rings. The third-order valence-corrected chi connectivity index (χ3v) is 4.52. The zero-order valence-corrected chi connectivity index (χ0v) is 15.5. The van der Waals surface area contributed by atoms with Crippen molar-refractivity contribution in [1.29, 1.82) is 0 Å². The lowest BCUT2D eigenvalue weighted by molar-refractivity contribution is -0.915. The maximum atomic E-state index is 12.1. The fourth-order valence-corrected chi connectivity index (χ4v) is 3.12. The molecule has 1 aliphatic rings. The molecular weight excluding hydrogens is 348 g/mol. The van der Waals surface area contributed by atoms with Gasteiger partial charge in [-0.05, 0) is 19.1 Å². The number of benzene rings is 1. The second kappa shape index (κ2) is 9.23. The number of nitrogens with one attached hydrogen (secondary N) is 1. The molecule has 1 N–H and O–H groups in total. The van der Waals surface area contributed by atoms with E-state index in [0.717, 1.165) is 26.2 Å². The first kappa shape index (κ1) is 19.0. The molecule has 2 aromatic rings. The maximum Gasteiger partial charge on any atom is 0.344 e. The fourth-order valence-electron chi connectivity index (χ4n) is 3.12. The van der Waals surface area contributed by atoms with E-state index in [2.05, 4.69) is 29.2 Å². The minimum Gasteiger partial charge on any atom is -0.475 e. The minimum atomic E-state index is -0.512. The van der Waals surface area contributed by atoms with Crippen LogP contribution in [0.25, 0.3) is 0 Å². The molecule has 2 heterocycles. The monoisotopic (exact) mass is 373 g/mol. The van der Waals surface area contributed by atoms with Crippen LogP contribution in [0.15, 0.2) is 51.9 Å². The molecule has 0 atom stereocenters. The predicted octanol–water partition coefficient (Wildman–Crippen LogP) is 0.487. The highest BCUT2D eigenvalue weighted by atomic mass is 16.6. The largest absolute Gasteiger partial charge is 0.475 e. The van der Waals surface area contributed by atoms with Crippen molar-refractivity contribution in [3.05, 3.63) is 58.6 Å². The zero-order valence-electron chi connectivity index (χ0n) is 15.5. The maximum absolute atomic E-state index is 12.1. The molecule has 3 rings (SSSR count). The molecular formula is C20H25N2O5+. The van der Waals surface area contributed by atoms with Crippen LogP contribution >= 0.6 is 0 Å². The molecule has 0 aliphatic carbocycles. The summed E-state index contributed by atoms with van der Waals surface area (Å²) >= 11 is 0. The Morgan fingerprint density at radius 1 is 1.22 bits per heavy atom. The lowest BCUT2D eigenvalue weighted by Gasteiger charge is -2.33. The highest BCUT2D eigenvalue weighted by Crippen LogP contribution is 2.12. The van der Waals surface area contributed by atoms with Crippen molar-refractivity contribution < 1.29 is 23.6 Å². The third kappa shape index (κ3) is 5.34. The Balaban J connectivity index is 1.51. The molecule has 1 saturated heterocycles. The zero-order chi connectivity index (χ0) is 19.1. The van der Waals surface area contributed by atoms with E-state index in [-0.39, 0.29) is 24.4 Å². The Bertz CT molecular complexity index is 798. The lowest BCUT2D eigenvalue weighted by atomic mass is 10.2. The van der Waals surface area contributed by atoms with Crippen molar-refractivity contribution in [2.75, 3.05) is 44.3 Å². The Hall–Kier alpha value is -2.80. The smallest absolute Gasteiger partial charge is 0.344 e. The van der Waals surface area contributed by atoms with E-state index < -0.39 is 5.97 Å². The molecule has 0 amide bonds. The van der Waals surface area contributed by atoms with Gasteiger partial charge in [0.05, 0.1) is 32.8 Å². The number of carbonyl (C=O) groups is 1. The number of nitrogens with zero attached hydrogens (tertiary/aromatic N) is 1. The number of hydrogen-bond donors (Lipinski definition) is 1. The van der Waals surface area contributed by atoms with Crippen LogP contribution in [-0.4, -0.2) is 45.4 Å². The number of esters is 1. The molecule has 0 spiro atoms. The summed E-state index contributed by atoms with van der Waals surface area (Å²) in [5, 5.41) is 0. The molecule has 0 bridgehead atoms. The van der Waals surface area contributed by atoms with E-state index in [1.54, 1.807) is 6.92 Å². The Labute approximate surface area is 158 Å². The van der Waals surface area contributed by atoms with Gasteiger partial charge in [0, 0.05) is 11.8 Å². The summed E-state index contributed by atoms with van der Waals surface area (Å²) in [6.07, 6.45) is 1.27. The molecule has 1 aliphatic heterocycles. The second-order valence-corrected chi connectivity index (χ2v) is 6.42. The lowest BCUT2D eigenvalue weighted by Crippen LogP contribution is -3.13. The standard InChI is InChI=1S/C20H24N2O5/c1-2-25-20(24)15-27-19-14-26-17(12-18(19)23)13-21-8-10-22(11-9-21)16-6-4-3-5-7-16/h3-7,12,14H,2,8-11,13,15H2,1H3/p+1. The van der Waals surface area contributed by atoms with Crippen LogP contribution in [-0.2, 0) is 16.1 Å². The first-order valence-electron chi connectivity index (χ1n) is 9.19. The van der Waals surface area contributed by atoms with Gasteiger partial charge in [-0.2, -0.15) is 0 Å². The van der Waals surface area contributed by atoms with Gasteiger partial charge in [0.15, 0.2) is 12.4 Å². The summed E-state index contributed by atoms with van der Waals surface area (Å²) in [7, 11) is 0. The molecule has 144 valence electrons. The number of rotatable bonds is 7.